The van der Waals surface area contributed by atoms with E-state index >= 15 is 0 Å². The minimum Gasteiger partial charge on any atom is -0.442 e. The molecule has 0 spiro atoms. The first-order chi connectivity index (χ1) is 14.4. The van der Waals surface area contributed by atoms with E-state index in [1.165, 1.54) is 9.80 Å². The number of ether oxygens (including phenoxy) is 1. The Morgan fingerprint density at radius 1 is 1.23 bits per heavy atom. The molecule has 1 fully saturated rings. The molecular weight excluding hydrogens is 434 g/mol. The number of cyclic esters (lactones) is 1. The van der Waals surface area contributed by atoms with Crippen molar-refractivity contribution in [3.63, 3.8) is 0 Å². The Bertz CT molecular complexity index is 919. The summed E-state index contributed by atoms with van der Waals surface area (Å²) in [7, 11) is 0. The molecule has 3 N–H and O–H groups in total. The second-order valence-corrected chi connectivity index (χ2v) is 8.09. The van der Waals surface area contributed by atoms with Crippen LogP contribution in [0, 0.1) is 0 Å². The summed E-state index contributed by atoms with van der Waals surface area (Å²) in [6.07, 6.45) is -1.06. The molecule has 160 valence electrons. The van der Waals surface area contributed by atoms with Crippen LogP contribution in [0.25, 0.3) is 0 Å². The van der Waals surface area contributed by atoms with Gasteiger partial charge in [-0.2, -0.15) is 0 Å². The molecule has 30 heavy (non-hydrogen) atoms. The normalized spacial score (nSPS) is 15.8. The predicted molar refractivity (Wildman–Crippen MR) is 112 cm³/mol. The first-order valence-electron chi connectivity index (χ1n) is 9.06. The summed E-state index contributed by atoms with van der Waals surface area (Å²) in [5.41, 5.74) is 1.04. The monoisotopic (exact) mass is 453 g/mol. The van der Waals surface area contributed by atoms with Crippen LogP contribution in [0.15, 0.2) is 36.4 Å². The second kappa shape index (κ2) is 9.90. The summed E-state index contributed by atoms with van der Waals surface area (Å²) < 4.78 is 5.82. The van der Waals surface area contributed by atoms with Crippen LogP contribution in [0.1, 0.15) is 9.67 Å². The molecule has 9 nitrogen and oxygen atoms in total. The predicted octanol–water partition coefficient (Wildman–Crippen LogP) is 1.47. The molecule has 0 saturated carbocycles. The minimum atomic E-state index is -0.675. The van der Waals surface area contributed by atoms with E-state index in [0.29, 0.717) is 20.6 Å². The highest BCUT2D eigenvalue weighted by atomic mass is 35.5. The molecule has 3 amide bonds. The number of anilines is 2. The summed E-state index contributed by atoms with van der Waals surface area (Å²) in [5, 5.41) is 20.9. The van der Waals surface area contributed by atoms with Gasteiger partial charge in [0.2, 0.25) is 0 Å². The SMILES string of the molecule is O=C(NC[C@@H]1CN(c2ccc(N(CCO)C(=O)CO)cc2)C(=O)O1)c1ccc(Cl)s1. The molecule has 1 saturated heterocycles. The molecule has 2 heterocycles. The zero-order valence-electron chi connectivity index (χ0n) is 15.8. The first-order valence-corrected chi connectivity index (χ1v) is 10.3. The first kappa shape index (κ1) is 22.0. The summed E-state index contributed by atoms with van der Waals surface area (Å²) in [5.74, 6) is -0.830. The molecule has 1 aromatic carbocycles. The number of aliphatic hydroxyl groups excluding tert-OH is 2. The highest BCUT2D eigenvalue weighted by Crippen LogP contribution is 2.25. The third kappa shape index (κ3) is 5.08. The number of aliphatic hydroxyl groups is 2. The van der Waals surface area contributed by atoms with Crippen LogP contribution in [-0.4, -0.2) is 67.1 Å². The third-order valence-corrected chi connectivity index (χ3v) is 5.62. The van der Waals surface area contributed by atoms with E-state index < -0.39 is 24.7 Å². The molecular formula is C19H20ClN3O6S. The molecule has 11 heteroatoms. The van der Waals surface area contributed by atoms with Crippen molar-refractivity contribution in [3.05, 3.63) is 45.6 Å². The molecule has 1 aliphatic heterocycles. The highest BCUT2D eigenvalue weighted by Gasteiger charge is 2.32. The summed E-state index contributed by atoms with van der Waals surface area (Å²) in [6.45, 7) is -0.479. The molecule has 1 atom stereocenters. The second-order valence-electron chi connectivity index (χ2n) is 6.37. The van der Waals surface area contributed by atoms with Gasteiger partial charge in [-0.05, 0) is 36.4 Å². The number of nitrogens with one attached hydrogen (secondary N) is 1. The number of halogens is 1. The number of nitrogens with zero attached hydrogens (tertiary/aromatic N) is 2. The summed E-state index contributed by atoms with van der Waals surface area (Å²) in [6, 6.07) is 9.76. The third-order valence-electron chi connectivity index (χ3n) is 4.39. The van der Waals surface area contributed by atoms with Crippen LogP contribution in [-0.2, 0) is 9.53 Å². The highest BCUT2D eigenvalue weighted by molar-refractivity contribution is 7.18. The van der Waals surface area contributed by atoms with Gasteiger partial charge in [-0.3, -0.25) is 14.5 Å². The van der Waals surface area contributed by atoms with Gasteiger partial charge in [-0.1, -0.05) is 11.6 Å². The maximum absolute atomic E-state index is 12.2. The quantitative estimate of drug-likeness (QED) is 0.557. The van der Waals surface area contributed by atoms with E-state index in [4.69, 9.17) is 26.6 Å². The van der Waals surface area contributed by atoms with Crippen molar-refractivity contribution in [3.8, 4) is 0 Å². The van der Waals surface area contributed by atoms with E-state index in [-0.39, 0.29) is 32.1 Å². The van der Waals surface area contributed by atoms with Crippen molar-refractivity contribution in [1.29, 1.82) is 0 Å². The lowest BCUT2D eigenvalue weighted by molar-refractivity contribution is -0.121. The fourth-order valence-electron chi connectivity index (χ4n) is 2.96. The molecule has 0 radical (unpaired) electrons. The molecule has 2 aromatic rings. The number of hydrogen-bond donors (Lipinski definition) is 3. The van der Waals surface area contributed by atoms with Gasteiger partial charge in [-0.15, -0.1) is 11.3 Å². The van der Waals surface area contributed by atoms with E-state index in [0.717, 1.165) is 11.3 Å². The number of carbonyl (C=O) groups is 3. The Labute approximate surface area is 181 Å². The zero-order chi connectivity index (χ0) is 21.7. The number of carbonyl (C=O) groups excluding carboxylic acids is 3. The largest absolute Gasteiger partial charge is 0.442 e. The van der Waals surface area contributed by atoms with Crippen LogP contribution in [0.3, 0.4) is 0 Å². The number of amides is 3. The van der Waals surface area contributed by atoms with Crippen molar-refractivity contribution < 1.29 is 29.3 Å². The molecule has 1 aromatic heterocycles. The van der Waals surface area contributed by atoms with Crippen molar-refractivity contribution in [2.24, 2.45) is 0 Å². The molecule has 0 bridgehead atoms. The maximum Gasteiger partial charge on any atom is 0.414 e. The van der Waals surface area contributed by atoms with E-state index in [1.807, 2.05) is 0 Å². The fourth-order valence-corrected chi connectivity index (χ4v) is 3.92. The maximum atomic E-state index is 12.2. The van der Waals surface area contributed by atoms with Crippen molar-refractivity contribution in [2.75, 3.05) is 42.6 Å². The molecule has 0 aliphatic carbocycles. The van der Waals surface area contributed by atoms with Crippen molar-refractivity contribution in [2.45, 2.75) is 6.10 Å². The Hall–Kier alpha value is -2.66. The summed E-state index contributed by atoms with van der Waals surface area (Å²) >= 11 is 6.99. The van der Waals surface area contributed by atoms with Crippen LogP contribution in [0.4, 0.5) is 16.2 Å². The minimum absolute atomic E-state index is 0.0434. The topological polar surface area (TPSA) is 119 Å². The Morgan fingerprint density at radius 2 is 1.97 bits per heavy atom. The van der Waals surface area contributed by atoms with Crippen molar-refractivity contribution in [1.82, 2.24) is 5.32 Å². The average Bonchev–Trinajstić information content (AvgIpc) is 3.35. The Balaban J connectivity index is 1.60. The lowest BCUT2D eigenvalue weighted by Gasteiger charge is -2.22. The molecule has 0 unspecified atom stereocenters. The number of hydrogen-bond acceptors (Lipinski definition) is 7. The number of thiophene rings is 1. The number of rotatable bonds is 8. The van der Waals surface area contributed by atoms with Gasteiger partial charge in [0.15, 0.2) is 0 Å². The fraction of sp³-hybridized carbons (Fsp3) is 0.316. The van der Waals surface area contributed by atoms with Gasteiger partial charge in [0.05, 0.1) is 28.9 Å². The Kier molecular flexibility index (Phi) is 7.27. The summed E-state index contributed by atoms with van der Waals surface area (Å²) in [4.78, 5) is 39.3. The van der Waals surface area contributed by atoms with Gasteiger partial charge in [0, 0.05) is 17.9 Å². The zero-order valence-corrected chi connectivity index (χ0v) is 17.4. The smallest absolute Gasteiger partial charge is 0.414 e. The van der Waals surface area contributed by atoms with Crippen LogP contribution < -0.4 is 15.1 Å². The average molecular weight is 454 g/mol. The lowest BCUT2D eigenvalue weighted by Crippen LogP contribution is -2.35. The molecule has 3 rings (SSSR count). The van der Waals surface area contributed by atoms with E-state index in [1.54, 1.807) is 36.4 Å². The van der Waals surface area contributed by atoms with Gasteiger partial charge in [-0.25, -0.2) is 4.79 Å². The van der Waals surface area contributed by atoms with Crippen LogP contribution in [0.5, 0.6) is 0 Å². The van der Waals surface area contributed by atoms with Crippen molar-refractivity contribution >= 4 is 52.2 Å². The van der Waals surface area contributed by atoms with Crippen LogP contribution in [0.2, 0.25) is 4.34 Å². The van der Waals surface area contributed by atoms with E-state index in [2.05, 4.69) is 5.32 Å². The van der Waals surface area contributed by atoms with Gasteiger partial charge >= 0.3 is 6.09 Å². The standard InChI is InChI=1S/C19H20ClN3O6S/c20-16-6-5-15(30-16)18(27)21-9-14-10-23(19(28)29-14)13-3-1-12(2-4-13)22(7-8-24)17(26)11-25/h1-6,14,24-25H,7-11H2,(H,21,27)/t14-/m1/s1. The van der Waals surface area contributed by atoms with Crippen LogP contribution >= 0.6 is 22.9 Å². The Morgan fingerprint density at radius 3 is 2.57 bits per heavy atom. The van der Waals surface area contributed by atoms with Gasteiger partial charge < -0.3 is 25.2 Å². The van der Waals surface area contributed by atoms with E-state index in [9.17, 15) is 14.4 Å². The van der Waals surface area contributed by atoms with Gasteiger partial charge in [0.25, 0.3) is 11.8 Å². The number of benzene rings is 1. The lowest BCUT2D eigenvalue weighted by atomic mass is 10.2. The van der Waals surface area contributed by atoms with Gasteiger partial charge in [0.1, 0.15) is 12.7 Å². The molecule has 1 aliphatic rings.